The third-order valence-corrected chi connectivity index (χ3v) is 3.93. The number of amides is 1. The third-order valence-electron chi connectivity index (χ3n) is 3.93. The van der Waals surface area contributed by atoms with Gasteiger partial charge in [0.05, 0.1) is 11.6 Å². The Morgan fingerprint density at radius 2 is 2.08 bits per heavy atom. The average Bonchev–Trinajstić information content (AvgIpc) is 3.24. The smallest absolute Gasteiger partial charge is 0.310 e. The molecule has 1 heterocycles. The number of hydrogen-bond donors (Lipinski definition) is 1. The summed E-state index contributed by atoms with van der Waals surface area (Å²) in [6.45, 7) is 3.22. The van der Waals surface area contributed by atoms with Crippen LogP contribution in [0.15, 0.2) is 34.9 Å². The number of carbonyl (C=O) groups excluding carboxylic acids is 2. The molecule has 1 aliphatic carbocycles. The Kier molecular flexibility index (Phi) is 4.33. The first-order valence-electron chi connectivity index (χ1n) is 7.64. The standard InChI is InChI=1S/C17H17FN2O4/c1-9-7-15(24-20-9)19-16(21)10(2)23-17(22)14-8-13(14)11-3-5-12(18)6-4-11/h3-7,10,13-14H,8H2,1-2H3,(H,19,21)/t10-,13-,14-/m0/s1. The molecule has 6 nitrogen and oxygen atoms in total. The van der Waals surface area contributed by atoms with Gasteiger partial charge in [0.2, 0.25) is 5.88 Å². The van der Waals surface area contributed by atoms with Crippen LogP contribution in [0.1, 0.15) is 30.5 Å². The van der Waals surface area contributed by atoms with E-state index in [2.05, 4.69) is 10.5 Å². The van der Waals surface area contributed by atoms with Crippen LogP contribution in [0.3, 0.4) is 0 Å². The summed E-state index contributed by atoms with van der Waals surface area (Å²) in [5, 5.41) is 6.14. The summed E-state index contributed by atoms with van der Waals surface area (Å²) in [5.41, 5.74) is 1.53. The molecule has 1 aromatic carbocycles. The topological polar surface area (TPSA) is 81.4 Å². The van der Waals surface area contributed by atoms with Crippen molar-refractivity contribution in [1.29, 1.82) is 0 Å². The number of halogens is 1. The number of nitrogens with zero attached hydrogens (tertiary/aromatic N) is 1. The Labute approximate surface area is 138 Å². The lowest BCUT2D eigenvalue weighted by atomic mass is 10.1. The largest absolute Gasteiger partial charge is 0.452 e. The number of aryl methyl sites for hydroxylation is 1. The number of rotatable bonds is 5. The zero-order valence-electron chi connectivity index (χ0n) is 13.3. The number of benzene rings is 1. The van der Waals surface area contributed by atoms with Crippen LogP contribution in [0.5, 0.6) is 0 Å². The van der Waals surface area contributed by atoms with Gasteiger partial charge in [-0.15, -0.1) is 0 Å². The van der Waals surface area contributed by atoms with Gasteiger partial charge >= 0.3 is 5.97 Å². The fourth-order valence-corrected chi connectivity index (χ4v) is 2.49. The van der Waals surface area contributed by atoms with Gasteiger partial charge in [0.25, 0.3) is 5.91 Å². The fraction of sp³-hybridized carbons (Fsp3) is 0.353. The Balaban J connectivity index is 1.51. The normalized spacial score (nSPS) is 20.3. The van der Waals surface area contributed by atoms with Crippen molar-refractivity contribution in [3.8, 4) is 0 Å². The number of nitrogens with one attached hydrogen (secondary N) is 1. The monoisotopic (exact) mass is 332 g/mol. The zero-order valence-corrected chi connectivity index (χ0v) is 13.3. The first-order chi connectivity index (χ1) is 11.4. The van der Waals surface area contributed by atoms with Gasteiger partial charge in [-0.2, -0.15) is 0 Å². The van der Waals surface area contributed by atoms with Gasteiger partial charge in [-0.25, -0.2) is 4.39 Å². The number of carbonyl (C=O) groups is 2. The summed E-state index contributed by atoms with van der Waals surface area (Å²) >= 11 is 0. The average molecular weight is 332 g/mol. The van der Waals surface area contributed by atoms with E-state index in [0.717, 1.165) is 5.56 Å². The summed E-state index contributed by atoms with van der Waals surface area (Å²) in [7, 11) is 0. The minimum absolute atomic E-state index is 0.0188. The van der Waals surface area contributed by atoms with Crippen molar-refractivity contribution in [3.63, 3.8) is 0 Å². The molecule has 0 aliphatic heterocycles. The molecule has 1 fully saturated rings. The predicted molar refractivity (Wildman–Crippen MR) is 82.7 cm³/mol. The van der Waals surface area contributed by atoms with E-state index in [1.165, 1.54) is 19.1 Å². The number of esters is 1. The molecule has 0 saturated heterocycles. The predicted octanol–water partition coefficient (Wildman–Crippen LogP) is 2.80. The molecule has 0 unspecified atom stereocenters. The van der Waals surface area contributed by atoms with E-state index >= 15 is 0 Å². The van der Waals surface area contributed by atoms with Crippen molar-refractivity contribution in [1.82, 2.24) is 5.16 Å². The van der Waals surface area contributed by atoms with Crippen LogP contribution in [0, 0.1) is 18.7 Å². The van der Waals surface area contributed by atoms with E-state index in [0.29, 0.717) is 12.1 Å². The molecule has 7 heteroatoms. The highest BCUT2D eigenvalue weighted by Gasteiger charge is 2.46. The van der Waals surface area contributed by atoms with Gasteiger partial charge in [0, 0.05) is 6.07 Å². The van der Waals surface area contributed by atoms with E-state index in [9.17, 15) is 14.0 Å². The maximum atomic E-state index is 12.9. The van der Waals surface area contributed by atoms with Crippen LogP contribution in [-0.2, 0) is 14.3 Å². The molecule has 0 radical (unpaired) electrons. The molecule has 0 spiro atoms. The van der Waals surface area contributed by atoms with Crippen molar-refractivity contribution in [2.24, 2.45) is 5.92 Å². The molecular formula is C17H17FN2O4. The van der Waals surface area contributed by atoms with E-state index in [1.807, 2.05) is 0 Å². The molecule has 1 amide bonds. The Bertz CT molecular complexity index is 756. The molecular weight excluding hydrogens is 315 g/mol. The lowest BCUT2D eigenvalue weighted by Crippen LogP contribution is -2.30. The Morgan fingerprint density at radius 1 is 1.38 bits per heavy atom. The quantitative estimate of drug-likeness (QED) is 0.852. The lowest BCUT2D eigenvalue weighted by molar-refractivity contribution is -0.154. The molecule has 1 N–H and O–H groups in total. The summed E-state index contributed by atoms with van der Waals surface area (Å²) in [6, 6.07) is 7.63. The van der Waals surface area contributed by atoms with Gasteiger partial charge in [-0.3, -0.25) is 14.9 Å². The van der Waals surface area contributed by atoms with Gasteiger partial charge in [-0.1, -0.05) is 17.3 Å². The second kappa shape index (κ2) is 6.43. The van der Waals surface area contributed by atoms with Gasteiger partial charge in [0.15, 0.2) is 6.10 Å². The van der Waals surface area contributed by atoms with Crippen molar-refractivity contribution in [3.05, 3.63) is 47.4 Å². The number of aromatic nitrogens is 1. The molecule has 126 valence electrons. The van der Waals surface area contributed by atoms with Gasteiger partial charge < -0.3 is 9.26 Å². The molecule has 0 bridgehead atoms. The van der Waals surface area contributed by atoms with Crippen molar-refractivity contribution < 1.29 is 23.2 Å². The first kappa shape index (κ1) is 16.2. The van der Waals surface area contributed by atoms with Crippen LogP contribution in [0.2, 0.25) is 0 Å². The SMILES string of the molecule is Cc1cc(NC(=O)[C@H](C)OC(=O)[C@H]2C[C@H]2c2ccc(F)cc2)on1. The Hall–Kier alpha value is -2.70. The Morgan fingerprint density at radius 3 is 2.71 bits per heavy atom. The number of ether oxygens (including phenoxy) is 1. The van der Waals surface area contributed by atoms with Crippen molar-refractivity contribution in [2.45, 2.75) is 32.3 Å². The van der Waals surface area contributed by atoms with Crippen LogP contribution in [0.4, 0.5) is 10.3 Å². The second-order valence-corrected chi connectivity index (χ2v) is 5.90. The molecule has 2 aromatic rings. The lowest BCUT2D eigenvalue weighted by Gasteiger charge is -2.12. The zero-order chi connectivity index (χ0) is 17.3. The highest BCUT2D eigenvalue weighted by molar-refractivity contribution is 5.94. The molecule has 1 aromatic heterocycles. The molecule has 1 aliphatic rings. The molecule has 3 atom stereocenters. The van der Waals surface area contributed by atoms with E-state index < -0.39 is 18.0 Å². The third kappa shape index (κ3) is 3.61. The fourth-order valence-electron chi connectivity index (χ4n) is 2.49. The van der Waals surface area contributed by atoms with Crippen LogP contribution in [-0.4, -0.2) is 23.1 Å². The van der Waals surface area contributed by atoms with E-state index in [1.54, 1.807) is 25.1 Å². The summed E-state index contributed by atoms with van der Waals surface area (Å²) < 4.78 is 23.0. The van der Waals surface area contributed by atoms with E-state index in [-0.39, 0.29) is 23.5 Å². The molecule has 24 heavy (non-hydrogen) atoms. The highest BCUT2D eigenvalue weighted by atomic mass is 19.1. The number of anilines is 1. The minimum Gasteiger partial charge on any atom is -0.452 e. The summed E-state index contributed by atoms with van der Waals surface area (Å²) in [4.78, 5) is 24.1. The maximum Gasteiger partial charge on any atom is 0.310 e. The minimum atomic E-state index is -0.947. The van der Waals surface area contributed by atoms with E-state index in [4.69, 9.17) is 9.26 Å². The molecule has 1 saturated carbocycles. The van der Waals surface area contributed by atoms with Gasteiger partial charge in [0.1, 0.15) is 5.82 Å². The van der Waals surface area contributed by atoms with Crippen molar-refractivity contribution >= 4 is 17.8 Å². The second-order valence-electron chi connectivity index (χ2n) is 5.90. The summed E-state index contributed by atoms with van der Waals surface area (Å²) in [6.07, 6.45) is -0.308. The van der Waals surface area contributed by atoms with Crippen LogP contribution < -0.4 is 5.32 Å². The first-order valence-corrected chi connectivity index (χ1v) is 7.64. The van der Waals surface area contributed by atoms with Crippen LogP contribution >= 0.6 is 0 Å². The highest BCUT2D eigenvalue weighted by Crippen LogP contribution is 2.48. The van der Waals surface area contributed by atoms with Crippen LogP contribution in [0.25, 0.3) is 0 Å². The number of hydrogen-bond acceptors (Lipinski definition) is 5. The van der Waals surface area contributed by atoms with Gasteiger partial charge in [-0.05, 0) is 43.9 Å². The summed E-state index contributed by atoms with van der Waals surface area (Å²) in [5.74, 6) is -1.30. The molecule has 3 rings (SSSR count). The maximum absolute atomic E-state index is 12.9. The van der Waals surface area contributed by atoms with Crippen molar-refractivity contribution in [2.75, 3.05) is 5.32 Å².